The molecule has 26 heavy (non-hydrogen) atoms. The number of rotatable bonds is 9. The molecule has 140 valence electrons. The Kier molecular flexibility index (Phi) is 7.35. The minimum absolute atomic E-state index is 0.0227. The number of pyridine rings is 1. The first-order valence-electron chi connectivity index (χ1n) is 8.49. The lowest BCUT2D eigenvalue weighted by atomic mass is 10.1. The molecule has 0 bridgehead atoms. The van der Waals surface area contributed by atoms with Crippen molar-refractivity contribution >= 4 is 11.7 Å². The van der Waals surface area contributed by atoms with Gasteiger partial charge < -0.3 is 20.5 Å². The van der Waals surface area contributed by atoms with Crippen molar-refractivity contribution in [3.05, 3.63) is 53.0 Å². The number of hydrogen-bond donors (Lipinski definition) is 2. The van der Waals surface area contributed by atoms with Crippen LogP contribution in [0.1, 0.15) is 41.4 Å². The van der Waals surface area contributed by atoms with Gasteiger partial charge in [-0.1, -0.05) is 25.5 Å². The highest BCUT2D eigenvalue weighted by Crippen LogP contribution is 2.21. The van der Waals surface area contributed by atoms with Crippen LogP contribution in [0, 0.1) is 5.82 Å². The highest BCUT2D eigenvalue weighted by molar-refractivity contribution is 5.98. The number of amides is 1. The van der Waals surface area contributed by atoms with Crippen molar-refractivity contribution in [3.63, 3.8) is 0 Å². The SMILES string of the molecule is CCCCOc1cccc(CNC(=O)c2ccc(COC)nc2N)c1F. The summed E-state index contributed by atoms with van der Waals surface area (Å²) >= 11 is 0. The van der Waals surface area contributed by atoms with Gasteiger partial charge in [-0.05, 0) is 24.6 Å². The maximum atomic E-state index is 14.4. The number of unbranched alkanes of at least 4 members (excludes halogenated alkanes) is 1. The molecule has 0 fully saturated rings. The van der Waals surface area contributed by atoms with Crippen molar-refractivity contribution in [1.29, 1.82) is 0 Å². The highest BCUT2D eigenvalue weighted by atomic mass is 19.1. The second kappa shape index (κ2) is 9.72. The number of halogens is 1. The molecule has 1 aromatic carbocycles. The van der Waals surface area contributed by atoms with Crippen LogP contribution in [-0.4, -0.2) is 24.6 Å². The van der Waals surface area contributed by atoms with Crippen molar-refractivity contribution in [2.75, 3.05) is 19.5 Å². The van der Waals surface area contributed by atoms with E-state index in [9.17, 15) is 9.18 Å². The molecule has 0 spiro atoms. The Labute approximate surface area is 152 Å². The maximum absolute atomic E-state index is 14.4. The first-order valence-corrected chi connectivity index (χ1v) is 8.49. The molecule has 1 aromatic heterocycles. The van der Waals surface area contributed by atoms with Crippen LogP contribution in [-0.2, 0) is 17.9 Å². The summed E-state index contributed by atoms with van der Waals surface area (Å²) in [6.07, 6.45) is 1.82. The fourth-order valence-corrected chi connectivity index (χ4v) is 2.34. The largest absolute Gasteiger partial charge is 0.491 e. The van der Waals surface area contributed by atoms with Crippen molar-refractivity contribution in [2.24, 2.45) is 0 Å². The topological polar surface area (TPSA) is 86.5 Å². The van der Waals surface area contributed by atoms with Gasteiger partial charge in [0.1, 0.15) is 5.82 Å². The van der Waals surface area contributed by atoms with Crippen LogP contribution < -0.4 is 15.8 Å². The Morgan fingerprint density at radius 2 is 2.12 bits per heavy atom. The lowest BCUT2D eigenvalue weighted by Crippen LogP contribution is -2.25. The molecule has 0 radical (unpaired) electrons. The van der Waals surface area contributed by atoms with Crippen LogP contribution in [0.25, 0.3) is 0 Å². The third kappa shape index (κ3) is 5.16. The Balaban J connectivity index is 2.02. The third-order valence-electron chi connectivity index (χ3n) is 3.76. The lowest BCUT2D eigenvalue weighted by Gasteiger charge is -2.11. The molecule has 2 rings (SSSR count). The van der Waals surface area contributed by atoms with Crippen LogP contribution in [0.15, 0.2) is 30.3 Å². The standard InChI is InChI=1S/C19H24FN3O3/c1-3-4-10-26-16-7-5-6-13(17(16)20)11-22-19(24)15-9-8-14(12-25-2)23-18(15)21/h5-9H,3-4,10-12H2,1-2H3,(H2,21,23)(H,22,24). The van der Waals surface area contributed by atoms with Gasteiger partial charge in [0.25, 0.3) is 5.91 Å². The molecular weight excluding hydrogens is 337 g/mol. The minimum atomic E-state index is -0.467. The number of nitrogens with zero attached hydrogens (tertiary/aromatic N) is 1. The van der Waals surface area contributed by atoms with Crippen LogP contribution in [0.3, 0.4) is 0 Å². The van der Waals surface area contributed by atoms with Gasteiger partial charge in [-0.2, -0.15) is 0 Å². The molecule has 2 aromatic rings. The number of carbonyl (C=O) groups excluding carboxylic acids is 1. The van der Waals surface area contributed by atoms with Crippen LogP contribution in [0.4, 0.5) is 10.2 Å². The number of anilines is 1. The van der Waals surface area contributed by atoms with E-state index in [2.05, 4.69) is 10.3 Å². The molecule has 6 nitrogen and oxygen atoms in total. The molecule has 1 heterocycles. The molecule has 3 N–H and O–H groups in total. The zero-order chi connectivity index (χ0) is 18.9. The van der Waals surface area contributed by atoms with Gasteiger partial charge in [0, 0.05) is 19.2 Å². The van der Waals surface area contributed by atoms with Gasteiger partial charge >= 0.3 is 0 Å². The maximum Gasteiger partial charge on any atom is 0.255 e. The molecule has 1 amide bonds. The van der Waals surface area contributed by atoms with E-state index in [1.807, 2.05) is 6.92 Å². The van der Waals surface area contributed by atoms with E-state index in [-0.39, 0.29) is 23.7 Å². The first-order chi connectivity index (χ1) is 12.6. The zero-order valence-electron chi connectivity index (χ0n) is 15.0. The minimum Gasteiger partial charge on any atom is -0.491 e. The van der Waals surface area contributed by atoms with Crippen molar-refractivity contribution in [1.82, 2.24) is 10.3 Å². The number of nitrogens with one attached hydrogen (secondary N) is 1. The Bertz CT molecular complexity index is 753. The van der Waals surface area contributed by atoms with Gasteiger partial charge in [0.05, 0.1) is 24.5 Å². The van der Waals surface area contributed by atoms with Crippen LogP contribution in [0.2, 0.25) is 0 Å². The summed E-state index contributed by atoms with van der Waals surface area (Å²) in [6.45, 7) is 2.82. The summed E-state index contributed by atoms with van der Waals surface area (Å²) in [6, 6.07) is 8.11. The summed E-state index contributed by atoms with van der Waals surface area (Å²) in [4.78, 5) is 16.4. The monoisotopic (exact) mass is 361 g/mol. The first kappa shape index (κ1) is 19.7. The normalized spacial score (nSPS) is 10.6. The van der Waals surface area contributed by atoms with E-state index in [1.165, 1.54) is 0 Å². The lowest BCUT2D eigenvalue weighted by molar-refractivity contribution is 0.0951. The van der Waals surface area contributed by atoms with Gasteiger partial charge in [-0.25, -0.2) is 9.37 Å². The number of nitrogen functional groups attached to an aromatic ring is 1. The number of nitrogens with two attached hydrogens (primary N) is 1. The molecule has 0 saturated heterocycles. The molecule has 0 unspecified atom stereocenters. The quantitative estimate of drug-likeness (QED) is 0.671. The molecular formula is C19H24FN3O3. The van der Waals surface area contributed by atoms with E-state index in [4.69, 9.17) is 15.2 Å². The summed E-state index contributed by atoms with van der Waals surface area (Å²) in [5.74, 6) is -0.592. The molecule has 0 aliphatic rings. The number of hydrogen-bond acceptors (Lipinski definition) is 5. The average Bonchev–Trinajstić information content (AvgIpc) is 2.62. The summed E-state index contributed by atoms with van der Waals surface area (Å²) in [7, 11) is 1.55. The van der Waals surface area contributed by atoms with Gasteiger partial charge in [0.2, 0.25) is 0 Å². The number of carbonyl (C=O) groups is 1. The van der Waals surface area contributed by atoms with Crippen LogP contribution in [0.5, 0.6) is 5.75 Å². The van der Waals surface area contributed by atoms with E-state index >= 15 is 0 Å². The number of methoxy groups -OCH3 is 1. The molecule has 0 aliphatic heterocycles. The predicted octanol–water partition coefficient (Wildman–Crippen LogP) is 3.06. The molecule has 7 heteroatoms. The zero-order valence-corrected chi connectivity index (χ0v) is 15.0. The summed E-state index contributed by atoms with van der Waals surface area (Å²) in [5.41, 5.74) is 7.03. The van der Waals surface area contributed by atoms with Crippen molar-refractivity contribution < 1.29 is 18.7 Å². The Hall–Kier alpha value is -2.67. The van der Waals surface area contributed by atoms with Crippen LogP contribution >= 0.6 is 0 Å². The van der Waals surface area contributed by atoms with Crippen molar-refractivity contribution in [3.8, 4) is 5.75 Å². The number of ether oxygens (including phenoxy) is 2. The number of benzene rings is 1. The van der Waals surface area contributed by atoms with E-state index in [0.717, 1.165) is 12.8 Å². The second-order valence-corrected chi connectivity index (χ2v) is 5.78. The molecule has 0 aliphatic carbocycles. The number of aromatic nitrogens is 1. The Morgan fingerprint density at radius 3 is 2.81 bits per heavy atom. The molecule has 0 saturated carbocycles. The summed E-state index contributed by atoms with van der Waals surface area (Å²) < 4.78 is 24.9. The van der Waals surface area contributed by atoms with E-state index < -0.39 is 11.7 Å². The average molecular weight is 361 g/mol. The third-order valence-corrected chi connectivity index (χ3v) is 3.76. The van der Waals surface area contributed by atoms with Crippen molar-refractivity contribution in [2.45, 2.75) is 32.9 Å². The Morgan fingerprint density at radius 1 is 1.31 bits per heavy atom. The fraction of sp³-hybridized carbons (Fsp3) is 0.368. The smallest absolute Gasteiger partial charge is 0.255 e. The molecule has 0 atom stereocenters. The van der Waals surface area contributed by atoms with E-state index in [0.29, 0.717) is 24.5 Å². The fourth-order valence-electron chi connectivity index (χ4n) is 2.34. The van der Waals surface area contributed by atoms with Gasteiger partial charge in [-0.15, -0.1) is 0 Å². The highest BCUT2D eigenvalue weighted by Gasteiger charge is 2.14. The van der Waals surface area contributed by atoms with Gasteiger partial charge in [-0.3, -0.25) is 4.79 Å². The predicted molar refractivity (Wildman–Crippen MR) is 97.3 cm³/mol. The summed E-state index contributed by atoms with van der Waals surface area (Å²) in [5, 5.41) is 2.66. The van der Waals surface area contributed by atoms with Gasteiger partial charge in [0.15, 0.2) is 11.6 Å². The van der Waals surface area contributed by atoms with E-state index in [1.54, 1.807) is 37.4 Å². The second-order valence-electron chi connectivity index (χ2n) is 5.78.